The monoisotopic (exact) mass is 295 g/mol. The van der Waals surface area contributed by atoms with Gasteiger partial charge in [0.25, 0.3) is 0 Å². The SMILES string of the molecule is CS(=O)(=O)c1ccc([C@@H](CC2CCCC2)C(N)=O)cc1. The minimum absolute atomic E-state index is 0.269. The number of hydrogen-bond donors (Lipinski definition) is 1. The molecule has 4 nitrogen and oxygen atoms in total. The minimum Gasteiger partial charge on any atom is -0.369 e. The molecule has 20 heavy (non-hydrogen) atoms. The summed E-state index contributed by atoms with van der Waals surface area (Å²) < 4.78 is 22.9. The van der Waals surface area contributed by atoms with Crippen LogP contribution in [0.5, 0.6) is 0 Å². The first-order chi connectivity index (χ1) is 9.38. The number of carbonyl (C=O) groups excluding carboxylic acids is 1. The van der Waals surface area contributed by atoms with Gasteiger partial charge < -0.3 is 5.73 Å². The van der Waals surface area contributed by atoms with Crippen LogP contribution in [0.15, 0.2) is 29.2 Å². The Bertz CT molecular complexity index is 572. The number of carbonyl (C=O) groups is 1. The third-order valence-electron chi connectivity index (χ3n) is 4.10. The van der Waals surface area contributed by atoms with Crippen LogP contribution in [0.25, 0.3) is 0 Å². The molecule has 1 aromatic rings. The highest BCUT2D eigenvalue weighted by Gasteiger charge is 2.25. The predicted molar refractivity (Wildman–Crippen MR) is 78.1 cm³/mol. The van der Waals surface area contributed by atoms with Gasteiger partial charge in [-0.1, -0.05) is 37.8 Å². The van der Waals surface area contributed by atoms with E-state index >= 15 is 0 Å². The molecule has 1 amide bonds. The van der Waals surface area contributed by atoms with Gasteiger partial charge in [-0.05, 0) is 30.0 Å². The standard InChI is InChI=1S/C15H21NO3S/c1-20(18,19)13-8-6-12(7-9-13)14(15(16)17)10-11-4-2-3-5-11/h6-9,11,14H,2-5,10H2,1H3,(H2,16,17)/t14-/m1/s1. The van der Waals surface area contributed by atoms with Crippen molar-refractivity contribution in [2.24, 2.45) is 11.7 Å². The molecule has 2 N–H and O–H groups in total. The summed E-state index contributed by atoms with van der Waals surface area (Å²) in [6.07, 6.45) is 6.71. The van der Waals surface area contributed by atoms with Crippen molar-refractivity contribution in [3.63, 3.8) is 0 Å². The van der Waals surface area contributed by atoms with Gasteiger partial charge >= 0.3 is 0 Å². The Morgan fingerprint density at radius 3 is 2.25 bits per heavy atom. The minimum atomic E-state index is -3.20. The van der Waals surface area contributed by atoms with E-state index in [1.807, 2.05) is 0 Å². The summed E-state index contributed by atoms with van der Waals surface area (Å²) in [5, 5.41) is 0. The van der Waals surface area contributed by atoms with Gasteiger partial charge in [0, 0.05) is 6.26 Å². The lowest BCUT2D eigenvalue weighted by molar-refractivity contribution is -0.119. The summed E-state index contributed by atoms with van der Waals surface area (Å²) in [5.41, 5.74) is 6.33. The Labute approximate surface area is 120 Å². The molecule has 2 rings (SSSR count). The van der Waals surface area contributed by atoms with E-state index in [0.717, 1.165) is 24.8 Å². The average molecular weight is 295 g/mol. The van der Waals surface area contributed by atoms with Gasteiger partial charge in [-0.3, -0.25) is 4.79 Å². The van der Waals surface area contributed by atoms with Crippen LogP contribution in [0.1, 0.15) is 43.6 Å². The maximum Gasteiger partial charge on any atom is 0.224 e. The molecule has 0 saturated heterocycles. The molecule has 1 atom stereocenters. The molecule has 0 unspecified atom stereocenters. The first kappa shape index (κ1) is 15.0. The van der Waals surface area contributed by atoms with Crippen LogP contribution >= 0.6 is 0 Å². The lowest BCUT2D eigenvalue weighted by Gasteiger charge is -2.18. The maximum atomic E-state index is 11.7. The molecule has 0 heterocycles. The molecular formula is C15H21NO3S. The molecule has 110 valence electrons. The van der Waals surface area contributed by atoms with Gasteiger partial charge in [0.15, 0.2) is 9.84 Å². The van der Waals surface area contributed by atoms with Crippen LogP contribution in [0.4, 0.5) is 0 Å². The largest absolute Gasteiger partial charge is 0.369 e. The molecule has 0 radical (unpaired) electrons. The van der Waals surface area contributed by atoms with Gasteiger partial charge in [0.05, 0.1) is 10.8 Å². The molecule has 1 aliphatic carbocycles. The van der Waals surface area contributed by atoms with Gasteiger partial charge in [0.1, 0.15) is 0 Å². The van der Waals surface area contributed by atoms with Gasteiger partial charge in [0.2, 0.25) is 5.91 Å². The second-order valence-electron chi connectivity index (χ2n) is 5.68. The lowest BCUT2D eigenvalue weighted by Crippen LogP contribution is -2.23. The second kappa shape index (κ2) is 5.95. The molecule has 0 aromatic heterocycles. The number of rotatable bonds is 5. The lowest BCUT2D eigenvalue weighted by atomic mass is 9.87. The Balaban J connectivity index is 2.19. The van der Waals surface area contributed by atoms with E-state index in [2.05, 4.69) is 0 Å². The average Bonchev–Trinajstić information content (AvgIpc) is 2.87. The molecule has 1 fully saturated rings. The number of primary amides is 1. The molecule has 0 aliphatic heterocycles. The van der Waals surface area contributed by atoms with Crippen LogP contribution in [-0.4, -0.2) is 20.6 Å². The molecule has 5 heteroatoms. The number of sulfone groups is 1. The van der Waals surface area contributed by atoms with Crippen molar-refractivity contribution < 1.29 is 13.2 Å². The van der Waals surface area contributed by atoms with Crippen molar-refractivity contribution in [3.8, 4) is 0 Å². The van der Waals surface area contributed by atoms with Crippen molar-refractivity contribution in [1.82, 2.24) is 0 Å². The van der Waals surface area contributed by atoms with Crippen LogP contribution < -0.4 is 5.73 Å². The number of nitrogens with two attached hydrogens (primary N) is 1. The van der Waals surface area contributed by atoms with E-state index in [4.69, 9.17) is 5.73 Å². The molecule has 1 saturated carbocycles. The van der Waals surface area contributed by atoms with Crippen LogP contribution in [0.3, 0.4) is 0 Å². The molecule has 0 spiro atoms. The summed E-state index contributed by atoms with van der Waals surface area (Å²) in [6, 6.07) is 6.52. The zero-order valence-corrected chi connectivity index (χ0v) is 12.5. The van der Waals surface area contributed by atoms with Gasteiger partial charge in [-0.2, -0.15) is 0 Å². The summed E-state index contributed by atoms with van der Waals surface area (Å²) in [7, 11) is -3.20. The quantitative estimate of drug-likeness (QED) is 0.905. The first-order valence-corrected chi connectivity index (χ1v) is 8.86. The topological polar surface area (TPSA) is 77.2 Å². The van der Waals surface area contributed by atoms with Crippen molar-refractivity contribution >= 4 is 15.7 Å². The fourth-order valence-corrected chi connectivity index (χ4v) is 3.57. The molecular weight excluding hydrogens is 274 g/mol. The summed E-state index contributed by atoms with van der Waals surface area (Å²) in [4.78, 5) is 11.9. The van der Waals surface area contributed by atoms with E-state index in [0.29, 0.717) is 5.92 Å². The molecule has 1 aliphatic rings. The van der Waals surface area contributed by atoms with Crippen LogP contribution in [0, 0.1) is 5.92 Å². The number of benzene rings is 1. The second-order valence-corrected chi connectivity index (χ2v) is 7.70. The number of amides is 1. The van der Waals surface area contributed by atoms with Crippen molar-refractivity contribution in [3.05, 3.63) is 29.8 Å². The van der Waals surface area contributed by atoms with Crippen molar-refractivity contribution in [1.29, 1.82) is 0 Å². The normalized spacial score (nSPS) is 18.1. The highest BCUT2D eigenvalue weighted by molar-refractivity contribution is 7.90. The highest BCUT2D eigenvalue weighted by atomic mass is 32.2. The smallest absolute Gasteiger partial charge is 0.224 e. The molecule has 1 aromatic carbocycles. The van der Waals surface area contributed by atoms with E-state index in [9.17, 15) is 13.2 Å². The van der Waals surface area contributed by atoms with Gasteiger partial charge in [-0.15, -0.1) is 0 Å². The fraction of sp³-hybridized carbons (Fsp3) is 0.533. The van der Waals surface area contributed by atoms with E-state index in [1.54, 1.807) is 24.3 Å². The zero-order valence-electron chi connectivity index (χ0n) is 11.7. The zero-order chi connectivity index (χ0) is 14.8. The van der Waals surface area contributed by atoms with Crippen molar-refractivity contribution in [2.45, 2.75) is 42.9 Å². The summed E-state index contributed by atoms with van der Waals surface area (Å²) in [5.74, 6) is -0.0854. The Kier molecular flexibility index (Phi) is 4.48. The van der Waals surface area contributed by atoms with E-state index in [1.165, 1.54) is 19.1 Å². The van der Waals surface area contributed by atoms with Crippen LogP contribution in [0.2, 0.25) is 0 Å². The number of hydrogen-bond acceptors (Lipinski definition) is 3. The highest BCUT2D eigenvalue weighted by Crippen LogP contribution is 2.34. The predicted octanol–water partition coefficient (Wildman–Crippen LogP) is 2.24. The summed E-state index contributed by atoms with van der Waals surface area (Å²) >= 11 is 0. The van der Waals surface area contributed by atoms with E-state index < -0.39 is 9.84 Å². The third-order valence-corrected chi connectivity index (χ3v) is 5.23. The summed E-state index contributed by atoms with van der Waals surface area (Å²) in [6.45, 7) is 0. The maximum absolute atomic E-state index is 11.7. The van der Waals surface area contributed by atoms with Gasteiger partial charge in [-0.25, -0.2) is 8.42 Å². The Morgan fingerprint density at radius 2 is 1.80 bits per heavy atom. The Morgan fingerprint density at radius 1 is 1.25 bits per heavy atom. The van der Waals surface area contributed by atoms with Crippen LogP contribution in [-0.2, 0) is 14.6 Å². The first-order valence-electron chi connectivity index (χ1n) is 6.97. The van der Waals surface area contributed by atoms with E-state index in [-0.39, 0.29) is 16.7 Å². The Hall–Kier alpha value is -1.36. The third kappa shape index (κ3) is 3.60. The molecule has 0 bridgehead atoms. The van der Waals surface area contributed by atoms with Crippen molar-refractivity contribution in [2.75, 3.05) is 6.26 Å². The fourth-order valence-electron chi connectivity index (χ4n) is 2.94.